The third-order valence-corrected chi connectivity index (χ3v) is 3.05. The summed E-state index contributed by atoms with van der Waals surface area (Å²) in [4.78, 5) is 12.7. The highest BCUT2D eigenvalue weighted by atomic mass is 32.1. The average Bonchev–Trinajstić information content (AvgIpc) is 2.44. The molecule has 0 radical (unpaired) electrons. The van der Waals surface area contributed by atoms with Crippen molar-refractivity contribution in [1.82, 2.24) is 15.5 Å². The van der Waals surface area contributed by atoms with Gasteiger partial charge in [-0.15, -0.1) is 0 Å². The molecule has 1 rings (SSSR count). The standard InChI is InChI=1S/C14H21N3O2S/c1-12(19)15-7-8-16-14(20)17(9-10-18)11-13-5-3-2-4-6-13/h2-6,18H,7-11H2,1H3,(H,15,19)(H,16,20). The zero-order valence-electron chi connectivity index (χ0n) is 11.6. The van der Waals surface area contributed by atoms with Crippen molar-refractivity contribution in [3.05, 3.63) is 35.9 Å². The number of amides is 1. The number of hydrogen-bond acceptors (Lipinski definition) is 3. The Balaban J connectivity index is 2.44. The molecule has 20 heavy (non-hydrogen) atoms. The fourth-order valence-corrected chi connectivity index (χ4v) is 1.95. The van der Waals surface area contributed by atoms with E-state index >= 15 is 0 Å². The minimum Gasteiger partial charge on any atom is -0.395 e. The molecule has 1 aromatic carbocycles. The monoisotopic (exact) mass is 295 g/mol. The van der Waals surface area contributed by atoms with E-state index in [4.69, 9.17) is 17.3 Å². The first-order valence-corrected chi connectivity index (χ1v) is 6.96. The van der Waals surface area contributed by atoms with Crippen LogP contribution < -0.4 is 10.6 Å². The van der Waals surface area contributed by atoms with Crippen LogP contribution in [-0.4, -0.2) is 47.3 Å². The number of aliphatic hydroxyl groups is 1. The van der Waals surface area contributed by atoms with E-state index in [0.717, 1.165) is 5.56 Å². The highest BCUT2D eigenvalue weighted by Gasteiger charge is 2.09. The van der Waals surface area contributed by atoms with E-state index in [0.29, 0.717) is 31.3 Å². The first kappa shape index (κ1) is 16.4. The van der Waals surface area contributed by atoms with Gasteiger partial charge < -0.3 is 20.6 Å². The molecule has 0 aromatic heterocycles. The largest absolute Gasteiger partial charge is 0.395 e. The van der Waals surface area contributed by atoms with Gasteiger partial charge in [-0.1, -0.05) is 30.3 Å². The molecule has 0 heterocycles. The van der Waals surface area contributed by atoms with Gasteiger partial charge in [0.1, 0.15) is 0 Å². The minimum atomic E-state index is -0.0609. The zero-order valence-corrected chi connectivity index (χ0v) is 12.4. The molecule has 0 aliphatic carbocycles. The molecule has 0 unspecified atom stereocenters. The number of carbonyl (C=O) groups excluding carboxylic acids is 1. The summed E-state index contributed by atoms with van der Waals surface area (Å²) < 4.78 is 0. The zero-order chi connectivity index (χ0) is 14.8. The van der Waals surface area contributed by atoms with Crippen LogP contribution in [-0.2, 0) is 11.3 Å². The molecule has 0 aliphatic heterocycles. The van der Waals surface area contributed by atoms with Gasteiger partial charge in [-0.25, -0.2) is 0 Å². The summed E-state index contributed by atoms with van der Waals surface area (Å²) >= 11 is 5.31. The number of nitrogens with zero attached hydrogens (tertiary/aromatic N) is 1. The van der Waals surface area contributed by atoms with Crippen molar-refractivity contribution in [1.29, 1.82) is 0 Å². The van der Waals surface area contributed by atoms with E-state index in [1.165, 1.54) is 6.92 Å². The van der Waals surface area contributed by atoms with Crippen molar-refractivity contribution in [2.75, 3.05) is 26.2 Å². The fraction of sp³-hybridized carbons (Fsp3) is 0.429. The van der Waals surface area contributed by atoms with Crippen molar-refractivity contribution in [2.24, 2.45) is 0 Å². The van der Waals surface area contributed by atoms with Crippen LogP contribution in [0.3, 0.4) is 0 Å². The van der Waals surface area contributed by atoms with E-state index in [-0.39, 0.29) is 12.5 Å². The molecule has 0 atom stereocenters. The molecule has 0 aliphatic rings. The number of rotatable bonds is 7. The quantitative estimate of drug-likeness (QED) is 0.505. The van der Waals surface area contributed by atoms with Crippen LogP contribution in [0.25, 0.3) is 0 Å². The molecule has 0 bridgehead atoms. The van der Waals surface area contributed by atoms with E-state index in [1.807, 2.05) is 35.2 Å². The molecule has 0 spiro atoms. The Morgan fingerprint density at radius 3 is 2.50 bits per heavy atom. The van der Waals surface area contributed by atoms with Crippen LogP contribution in [0.5, 0.6) is 0 Å². The van der Waals surface area contributed by atoms with Gasteiger partial charge in [0.15, 0.2) is 5.11 Å². The van der Waals surface area contributed by atoms with Crippen LogP contribution in [0, 0.1) is 0 Å². The van der Waals surface area contributed by atoms with Gasteiger partial charge in [-0.05, 0) is 17.8 Å². The lowest BCUT2D eigenvalue weighted by atomic mass is 10.2. The summed E-state index contributed by atoms with van der Waals surface area (Å²) in [5.74, 6) is -0.0609. The minimum absolute atomic E-state index is 0.0420. The van der Waals surface area contributed by atoms with Crippen molar-refractivity contribution < 1.29 is 9.90 Å². The molecule has 5 nitrogen and oxygen atoms in total. The topological polar surface area (TPSA) is 64.6 Å². The van der Waals surface area contributed by atoms with Gasteiger partial charge in [0, 0.05) is 33.1 Å². The lowest BCUT2D eigenvalue weighted by Gasteiger charge is -2.25. The molecule has 3 N–H and O–H groups in total. The third kappa shape index (κ3) is 6.49. The van der Waals surface area contributed by atoms with E-state index in [2.05, 4.69) is 10.6 Å². The first-order valence-electron chi connectivity index (χ1n) is 6.55. The van der Waals surface area contributed by atoms with Gasteiger partial charge in [-0.3, -0.25) is 4.79 Å². The van der Waals surface area contributed by atoms with Crippen LogP contribution in [0.2, 0.25) is 0 Å². The van der Waals surface area contributed by atoms with E-state index < -0.39 is 0 Å². The Morgan fingerprint density at radius 2 is 1.90 bits per heavy atom. The smallest absolute Gasteiger partial charge is 0.216 e. The van der Waals surface area contributed by atoms with Crippen molar-refractivity contribution in [2.45, 2.75) is 13.5 Å². The van der Waals surface area contributed by atoms with Gasteiger partial charge in [0.2, 0.25) is 5.91 Å². The highest BCUT2D eigenvalue weighted by molar-refractivity contribution is 7.80. The maximum Gasteiger partial charge on any atom is 0.216 e. The van der Waals surface area contributed by atoms with Crippen molar-refractivity contribution >= 4 is 23.2 Å². The fourth-order valence-electron chi connectivity index (χ4n) is 1.70. The Bertz CT molecular complexity index is 426. The second-order valence-corrected chi connectivity index (χ2v) is 4.73. The number of hydrogen-bond donors (Lipinski definition) is 3. The summed E-state index contributed by atoms with van der Waals surface area (Å²) in [5, 5.41) is 15.5. The second-order valence-electron chi connectivity index (χ2n) is 4.35. The van der Waals surface area contributed by atoms with Gasteiger partial charge in [-0.2, -0.15) is 0 Å². The van der Waals surface area contributed by atoms with E-state index in [9.17, 15) is 4.79 Å². The predicted molar refractivity (Wildman–Crippen MR) is 83.2 cm³/mol. The number of carbonyl (C=O) groups is 1. The summed E-state index contributed by atoms with van der Waals surface area (Å²) in [6.45, 7) is 3.73. The lowest BCUT2D eigenvalue weighted by molar-refractivity contribution is -0.118. The normalized spacial score (nSPS) is 9.90. The van der Waals surface area contributed by atoms with E-state index in [1.54, 1.807) is 0 Å². The van der Waals surface area contributed by atoms with Gasteiger partial charge in [0.05, 0.1) is 6.61 Å². The maximum atomic E-state index is 10.8. The number of benzene rings is 1. The molecule has 0 saturated heterocycles. The molecule has 0 fully saturated rings. The van der Waals surface area contributed by atoms with Crippen LogP contribution in [0.15, 0.2) is 30.3 Å². The molecule has 1 aromatic rings. The van der Waals surface area contributed by atoms with Gasteiger partial charge in [0.25, 0.3) is 0 Å². The van der Waals surface area contributed by atoms with Crippen molar-refractivity contribution in [3.63, 3.8) is 0 Å². The summed E-state index contributed by atoms with van der Waals surface area (Å²) in [7, 11) is 0. The molecule has 0 saturated carbocycles. The summed E-state index contributed by atoms with van der Waals surface area (Å²) in [6.07, 6.45) is 0. The SMILES string of the molecule is CC(=O)NCCNC(=S)N(CCO)Cc1ccccc1. The Kier molecular flexibility index (Phi) is 7.60. The number of nitrogens with one attached hydrogen (secondary N) is 2. The summed E-state index contributed by atoms with van der Waals surface area (Å²) in [5.41, 5.74) is 1.13. The van der Waals surface area contributed by atoms with Crippen LogP contribution in [0.1, 0.15) is 12.5 Å². The first-order chi connectivity index (χ1) is 9.63. The van der Waals surface area contributed by atoms with Crippen molar-refractivity contribution in [3.8, 4) is 0 Å². The maximum absolute atomic E-state index is 10.8. The predicted octanol–water partition coefficient (Wildman–Crippen LogP) is 0.492. The molecular formula is C14H21N3O2S. The number of aliphatic hydroxyl groups excluding tert-OH is 1. The Morgan fingerprint density at radius 1 is 1.25 bits per heavy atom. The molecule has 6 heteroatoms. The number of thiocarbonyl (C=S) groups is 1. The Labute approximate surface area is 125 Å². The lowest BCUT2D eigenvalue weighted by Crippen LogP contribution is -2.43. The second kappa shape index (κ2) is 9.28. The van der Waals surface area contributed by atoms with Crippen LogP contribution in [0.4, 0.5) is 0 Å². The highest BCUT2D eigenvalue weighted by Crippen LogP contribution is 2.04. The molecular weight excluding hydrogens is 274 g/mol. The molecule has 1 amide bonds. The summed E-state index contributed by atoms with van der Waals surface area (Å²) in [6, 6.07) is 9.94. The average molecular weight is 295 g/mol. The Hall–Kier alpha value is -1.66. The van der Waals surface area contributed by atoms with Gasteiger partial charge >= 0.3 is 0 Å². The molecule has 110 valence electrons. The third-order valence-electron chi connectivity index (χ3n) is 2.65. The van der Waals surface area contributed by atoms with Crippen LogP contribution >= 0.6 is 12.2 Å².